The molecule has 0 amide bonds. The second-order valence-electron chi connectivity index (χ2n) is 1.65. The van der Waals surface area contributed by atoms with E-state index in [1.54, 1.807) is 14.1 Å². The Morgan fingerprint density at radius 1 is 1.43 bits per heavy atom. The van der Waals surface area contributed by atoms with Gasteiger partial charge in [-0.25, -0.2) is 8.78 Å². The average molecular weight is 109 g/mol. The first-order valence-corrected chi connectivity index (χ1v) is 2.06. The SMILES string of the molecule is CN(C)CC(F)F. The first-order valence-electron chi connectivity index (χ1n) is 2.06. The van der Waals surface area contributed by atoms with Crippen molar-refractivity contribution in [2.45, 2.75) is 6.43 Å². The van der Waals surface area contributed by atoms with Crippen LogP contribution in [-0.2, 0) is 0 Å². The molecule has 0 spiro atoms. The molecule has 0 aromatic carbocycles. The van der Waals surface area contributed by atoms with Gasteiger partial charge in [-0.15, -0.1) is 0 Å². The lowest BCUT2D eigenvalue weighted by atomic mass is 10.6. The van der Waals surface area contributed by atoms with Crippen molar-refractivity contribution in [2.24, 2.45) is 0 Å². The maximum absolute atomic E-state index is 11.2. The van der Waals surface area contributed by atoms with Gasteiger partial charge in [0.2, 0.25) is 0 Å². The van der Waals surface area contributed by atoms with Crippen LogP contribution < -0.4 is 0 Å². The van der Waals surface area contributed by atoms with E-state index in [9.17, 15) is 8.78 Å². The van der Waals surface area contributed by atoms with Crippen LogP contribution in [0.4, 0.5) is 8.78 Å². The topological polar surface area (TPSA) is 3.24 Å². The molecule has 0 heterocycles. The molecule has 0 bridgehead atoms. The first kappa shape index (κ1) is 6.82. The largest absolute Gasteiger partial charge is 0.304 e. The fourth-order valence-electron chi connectivity index (χ4n) is 0.276. The third-order valence-electron chi connectivity index (χ3n) is 0.503. The van der Waals surface area contributed by atoms with E-state index in [-0.39, 0.29) is 6.54 Å². The Kier molecular flexibility index (Phi) is 2.83. The average Bonchev–Trinajstić information content (AvgIpc) is 1.27. The van der Waals surface area contributed by atoms with Crippen LogP contribution in [0.15, 0.2) is 0 Å². The van der Waals surface area contributed by atoms with Crippen molar-refractivity contribution in [1.29, 1.82) is 0 Å². The Balaban J connectivity index is 2.95. The molecule has 0 saturated carbocycles. The summed E-state index contributed by atoms with van der Waals surface area (Å²) < 4.78 is 22.5. The lowest BCUT2D eigenvalue weighted by Gasteiger charge is -2.05. The Hall–Kier alpha value is -0.180. The van der Waals surface area contributed by atoms with Crippen LogP contribution in [0.5, 0.6) is 0 Å². The molecule has 3 heteroatoms. The van der Waals surface area contributed by atoms with Gasteiger partial charge in [-0.05, 0) is 14.1 Å². The highest BCUT2D eigenvalue weighted by Gasteiger charge is 2.00. The molecule has 0 aromatic heterocycles. The van der Waals surface area contributed by atoms with E-state index >= 15 is 0 Å². The third-order valence-corrected chi connectivity index (χ3v) is 0.503. The lowest BCUT2D eigenvalue weighted by Crippen LogP contribution is -2.19. The van der Waals surface area contributed by atoms with Crippen molar-refractivity contribution in [2.75, 3.05) is 20.6 Å². The van der Waals surface area contributed by atoms with Crippen molar-refractivity contribution >= 4 is 0 Å². The van der Waals surface area contributed by atoms with Crippen LogP contribution in [0.3, 0.4) is 0 Å². The summed E-state index contributed by atoms with van der Waals surface area (Å²) in [4.78, 5) is 1.45. The summed E-state index contributed by atoms with van der Waals surface area (Å²) in [6.45, 7) is -0.139. The van der Waals surface area contributed by atoms with Crippen LogP contribution >= 0.6 is 0 Å². The molecule has 0 rings (SSSR count). The molecular formula is C4H9F2N. The second kappa shape index (κ2) is 2.91. The summed E-state index contributed by atoms with van der Waals surface area (Å²) in [5.74, 6) is 0. The molecule has 0 fully saturated rings. The van der Waals surface area contributed by atoms with E-state index in [0.717, 1.165) is 0 Å². The van der Waals surface area contributed by atoms with Crippen molar-refractivity contribution in [3.8, 4) is 0 Å². The maximum Gasteiger partial charge on any atom is 0.251 e. The van der Waals surface area contributed by atoms with Crippen molar-refractivity contribution < 1.29 is 8.78 Å². The number of nitrogens with zero attached hydrogens (tertiary/aromatic N) is 1. The predicted octanol–water partition coefficient (Wildman–Crippen LogP) is 0.813. The summed E-state index contributed by atoms with van der Waals surface area (Å²) in [6.07, 6.45) is -2.20. The monoisotopic (exact) mass is 109 g/mol. The Morgan fingerprint density at radius 3 is 1.86 bits per heavy atom. The molecule has 0 saturated heterocycles. The van der Waals surface area contributed by atoms with Gasteiger partial charge < -0.3 is 4.90 Å². The molecule has 0 aliphatic rings. The number of hydrogen-bond donors (Lipinski definition) is 0. The van der Waals surface area contributed by atoms with Gasteiger partial charge in [0.05, 0.1) is 6.54 Å². The molecule has 0 unspecified atom stereocenters. The van der Waals surface area contributed by atoms with Crippen molar-refractivity contribution in [3.05, 3.63) is 0 Å². The maximum atomic E-state index is 11.2. The molecule has 0 aromatic rings. The van der Waals surface area contributed by atoms with Gasteiger partial charge >= 0.3 is 0 Å². The van der Waals surface area contributed by atoms with E-state index in [4.69, 9.17) is 0 Å². The van der Waals surface area contributed by atoms with Crippen LogP contribution in [-0.4, -0.2) is 32.0 Å². The van der Waals surface area contributed by atoms with E-state index in [2.05, 4.69) is 0 Å². The first-order chi connectivity index (χ1) is 3.13. The number of halogens is 2. The van der Waals surface area contributed by atoms with Gasteiger partial charge in [0, 0.05) is 0 Å². The Morgan fingerprint density at radius 2 is 1.86 bits per heavy atom. The van der Waals surface area contributed by atoms with Crippen LogP contribution in [0.25, 0.3) is 0 Å². The zero-order valence-corrected chi connectivity index (χ0v) is 4.49. The summed E-state index contributed by atoms with van der Waals surface area (Å²) in [5.41, 5.74) is 0. The lowest BCUT2D eigenvalue weighted by molar-refractivity contribution is 0.111. The van der Waals surface area contributed by atoms with Gasteiger partial charge in [-0.1, -0.05) is 0 Å². The smallest absolute Gasteiger partial charge is 0.251 e. The van der Waals surface area contributed by atoms with Crippen LogP contribution in [0.2, 0.25) is 0 Å². The van der Waals surface area contributed by atoms with E-state index in [1.165, 1.54) is 4.90 Å². The quantitative estimate of drug-likeness (QED) is 0.507. The highest BCUT2D eigenvalue weighted by atomic mass is 19.3. The molecule has 1 nitrogen and oxygen atoms in total. The minimum atomic E-state index is -2.20. The molecule has 0 radical (unpaired) electrons. The Labute approximate surface area is 41.9 Å². The predicted molar refractivity (Wildman–Crippen MR) is 24.6 cm³/mol. The van der Waals surface area contributed by atoms with Gasteiger partial charge in [0.25, 0.3) is 6.43 Å². The number of alkyl halides is 2. The highest BCUT2D eigenvalue weighted by molar-refractivity contribution is 4.42. The van der Waals surface area contributed by atoms with Crippen LogP contribution in [0.1, 0.15) is 0 Å². The number of hydrogen-bond acceptors (Lipinski definition) is 1. The molecule has 0 N–H and O–H groups in total. The second-order valence-corrected chi connectivity index (χ2v) is 1.65. The minimum absolute atomic E-state index is 0.139. The fourth-order valence-corrected chi connectivity index (χ4v) is 0.276. The summed E-state index contributed by atoms with van der Waals surface area (Å²) in [5, 5.41) is 0. The molecule has 7 heavy (non-hydrogen) atoms. The van der Waals surface area contributed by atoms with Gasteiger partial charge in [-0.3, -0.25) is 0 Å². The van der Waals surface area contributed by atoms with Crippen LogP contribution in [0, 0.1) is 0 Å². The van der Waals surface area contributed by atoms with E-state index in [1.807, 2.05) is 0 Å². The fraction of sp³-hybridized carbons (Fsp3) is 1.00. The third kappa shape index (κ3) is 5.82. The van der Waals surface area contributed by atoms with Gasteiger partial charge in [-0.2, -0.15) is 0 Å². The zero-order chi connectivity index (χ0) is 5.86. The molecule has 44 valence electrons. The molecule has 0 aliphatic carbocycles. The minimum Gasteiger partial charge on any atom is -0.304 e. The zero-order valence-electron chi connectivity index (χ0n) is 4.49. The normalized spacial score (nSPS) is 11.1. The molecule has 0 aliphatic heterocycles. The number of rotatable bonds is 2. The summed E-state index contributed by atoms with van der Waals surface area (Å²) in [7, 11) is 3.23. The van der Waals surface area contributed by atoms with Gasteiger partial charge in [0.1, 0.15) is 0 Å². The van der Waals surface area contributed by atoms with E-state index in [0.29, 0.717) is 0 Å². The highest BCUT2D eigenvalue weighted by Crippen LogP contribution is 1.91. The summed E-state index contributed by atoms with van der Waals surface area (Å²) >= 11 is 0. The van der Waals surface area contributed by atoms with E-state index < -0.39 is 6.43 Å². The molecular weight excluding hydrogens is 100 g/mol. The standard InChI is InChI=1S/C4H9F2N/c1-7(2)3-4(5)6/h4H,3H2,1-2H3. The molecule has 0 atom stereocenters. The van der Waals surface area contributed by atoms with Gasteiger partial charge in [0.15, 0.2) is 0 Å². The van der Waals surface area contributed by atoms with Crippen molar-refractivity contribution in [1.82, 2.24) is 4.90 Å². The Bertz CT molecular complexity index is 39.0. The van der Waals surface area contributed by atoms with Crippen molar-refractivity contribution in [3.63, 3.8) is 0 Å². The summed E-state index contributed by atoms with van der Waals surface area (Å²) in [6, 6.07) is 0.